The number of nitrogens with one attached hydrogen (secondary N) is 1. The van der Waals surface area contributed by atoms with Crippen molar-refractivity contribution in [2.24, 2.45) is 5.92 Å². The molecule has 2 rings (SSSR count). The summed E-state index contributed by atoms with van der Waals surface area (Å²) in [5.74, 6) is 0.809. The fourth-order valence-electron chi connectivity index (χ4n) is 2.04. The summed E-state index contributed by atoms with van der Waals surface area (Å²) in [4.78, 5) is 1.36. The van der Waals surface area contributed by atoms with Crippen LogP contribution in [0.5, 0.6) is 0 Å². The van der Waals surface area contributed by atoms with Crippen LogP contribution in [-0.4, -0.2) is 16.1 Å². The lowest BCUT2D eigenvalue weighted by Gasteiger charge is -2.22. The average molecular weight is 239 g/mol. The van der Waals surface area contributed by atoms with Gasteiger partial charge in [-0.2, -0.15) is 0 Å². The van der Waals surface area contributed by atoms with Crippen LogP contribution in [0.25, 0.3) is 0 Å². The molecule has 90 valence electrons. The molecule has 1 aromatic rings. The van der Waals surface area contributed by atoms with Crippen LogP contribution in [0.1, 0.15) is 57.1 Å². The third-order valence-corrected chi connectivity index (χ3v) is 3.83. The maximum Gasteiger partial charge on any atom is 0.0857 e. The van der Waals surface area contributed by atoms with Crippen LogP contribution in [0.15, 0.2) is 0 Å². The molecule has 0 radical (unpaired) electrons. The van der Waals surface area contributed by atoms with Crippen LogP contribution in [0.3, 0.4) is 0 Å². The second-order valence-electron chi connectivity index (χ2n) is 5.61. The summed E-state index contributed by atoms with van der Waals surface area (Å²) in [6.07, 6.45) is 2.69. The van der Waals surface area contributed by atoms with Gasteiger partial charge in [0.15, 0.2) is 0 Å². The SMILES string of the molecule is CCNC(c1snnc1C(C)(C)C)C1CC1. The molecular weight excluding hydrogens is 218 g/mol. The molecule has 1 aliphatic carbocycles. The number of hydrogen-bond acceptors (Lipinski definition) is 4. The van der Waals surface area contributed by atoms with Crippen molar-refractivity contribution in [1.82, 2.24) is 14.9 Å². The smallest absolute Gasteiger partial charge is 0.0857 e. The second kappa shape index (κ2) is 4.41. The molecule has 0 bridgehead atoms. The largest absolute Gasteiger partial charge is 0.309 e. The Hall–Kier alpha value is -0.480. The van der Waals surface area contributed by atoms with E-state index in [1.165, 1.54) is 23.4 Å². The molecule has 1 saturated carbocycles. The monoisotopic (exact) mass is 239 g/mol. The summed E-state index contributed by atoms with van der Waals surface area (Å²) in [5, 5.41) is 7.92. The Morgan fingerprint density at radius 2 is 2.12 bits per heavy atom. The van der Waals surface area contributed by atoms with Crippen molar-refractivity contribution in [2.75, 3.05) is 6.54 Å². The van der Waals surface area contributed by atoms with Crippen molar-refractivity contribution in [2.45, 2.75) is 52.0 Å². The van der Waals surface area contributed by atoms with Crippen molar-refractivity contribution >= 4 is 11.5 Å². The van der Waals surface area contributed by atoms with E-state index >= 15 is 0 Å². The van der Waals surface area contributed by atoms with Gasteiger partial charge in [-0.15, -0.1) is 5.10 Å². The standard InChI is InChI=1S/C12H21N3S/c1-5-13-9(8-6-7-8)10-11(12(2,3)4)14-15-16-10/h8-9,13H,5-7H2,1-4H3. The zero-order valence-electron chi connectivity index (χ0n) is 10.6. The van der Waals surface area contributed by atoms with E-state index in [0.29, 0.717) is 6.04 Å². The highest BCUT2D eigenvalue weighted by atomic mass is 32.1. The quantitative estimate of drug-likeness (QED) is 0.878. The first-order valence-electron chi connectivity index (χ1n) is 6.10. The van der Waals surface area contributed by atoms with Crippen molar-refractivity contribution in [3.05, 3.63) is 10.6 Å². The lowest BCUT2D eigenvalue weighted by Crippen LogP contribution is -2.25. The first-order chi connectivity index (χ1) is 7.54. The van der Waals surface area contributed by atoms with Gasteiger partial charge in [-0.3, -0.25) is 0 Å². The van der Waals surface area contributed by atoms with Crippen molar-refractivity contribution in [1.29, 1.82) is 0 Å². The van der Waals surface area contributed by atoms with Crippen molar-refractivity contribution < 1.29 is 0 Å². The van der Waals surface area contributed by atoms with Gasteiger partial charge >= 0.3 is 0 Å². The van der Waals surface area contributed by atoms with Crippen molar-refractivity contribution in [3.63, 3.8) is 0 Å². The first kappa shape index (κ1) is 12.0. The molecule has 3 nitrogen and oxygen atoms in total. The molecule has 1 fully saturated rings. The molecule has 1 atom stereocenters. The Morgan fingerprint density at radius 3 is 2.62 bits per heavy atom. The molecule has 1 aliphatic rings. The topological polar surface area (TPSA) is 37.8 Å². The highest BCUT2D eigenvalue weighted by Crippen LogP contribution is 2.44. The van der Waals surface area contributed by atoms with E-state index in [4.69, 9.17) is 0 Å². The fraction of sp³-hybridized carbons (Fsp3) is 0.833. The van der Waals surface area contributed by atoms with Crippen LogP contribution in [-0.2, 0) is 5.41 Å². The molecule has 1 heterocycles. The van der Waals surface area contributed by atoms with Crippen LogP contribution in [0, 0.1) is 5.92 Å². The van der Waals surface area contributed by atoms with E-state index in [1.807, 2.05) is 0 Å². The highest BCUT2D eigenvalue weighted by molar-refractivity contribution is 7.05. The zero-order valence-corrected chi connectivity index (χ0v) is 11.4. The highest BCUT2D eigenvalue weighted by Gasteiger charge is 2.36. The molecule has 16 heavy (non-hydrogen) atoms. The molecule has 0 saturated heterocycles. The van der Waals surface area contributed by atoms with Gasteiger partial charge in [0.05, 0.1) is 10.6 Å². The van der Waals surface area contributed by atoms with Gasteiger partial charge in [0.1, 0.15) is 0 Å². The predicted octanol–water partition coefficient (Wildman–Crippen LogP) is 2.90. The lowest BCUT2D eigenvalue weighted by molar-refractivity contribution is 0.479. The second-order valence-corrected chi connectivity index (χ2v) is 6.39. The van der Waals surface area contributed by atoms with Crippen LogP contribution >= 0.6 is 11.5 Å². The third kappa shape index (κ3) is 2.43. The molecule has 4 heteroatoms. The summed E-state index contributed by atoms with van der Waals surface area (Å²) >= 11 is 1.57. The molecule has 1 N–H and O–H groups in total. The van der Waals surface area contributed by atoms with Gasteiger partial charge in [0.2, 0.25) is 0 Å². The minimum absolute atomic E-state index is 0.102. The molecule has 1 aromatic heterocycles. The first-order valence-corrected chi connectivity index (χ1v) is 6.87. The third-order valence-electron chi connectivity index (χ3n) is 3.02. The maximum atomic E-state index is 4.33. The van der Waals surface area contributed by atoms with Crippen LogP contribution in [0.4, 0.5) is 0 Å². The van der Waals surface area contributed by atoms with Gasteiger partial charge in [-0.05, 0) is 36.8 Å². The summed E-state index contributed by atoms with van der Waals surface area (Å²) < 4.78 is 4.15. The molecule has 0 spiro atoms. The summed E-state index contributed by atoms with van der Waals surface area (Å²) in [6, 6.07) is 0.485. The van der Waals surface area contributed by atoms with Gasteiger partial charge < -0.3 is 5.32 Å². The van der Waals surface area contributed by atoms with Gasteiger partial charge in [0, 0.05) is 11.5 Å². The minimum atomic E-state index is 0.102. The number of nitrogens with zero attached hydrogens (tertiary/aromatic N) is 2. The van der Waals surface area contributed by atoms with Crippen molar-refractivity contribution in [3.8, 4) is 0 Å². The predicted molar refractivity (Wildman–Crippen MR) is 67.8 cm³/mol. The Labute approximate surface area is 102 Å². The van der Waals surface area contributed by atoms with E-state index in [2.05, 4.69) is 42.6 Å². The molecular formula is C12H21N3S. The van der Waals surface area contributed by atoms with Crippen LogP contribution in [0.2, 0.25) is 0 Å². The Morgan fingerprint density at radius 1 is 1.44 bits per heavy atom. The normalized spacial score (nSPS) is 18.8. The molecule has 0 aliphatic heterocycles. The summed E-state index contributed by atoms with van der Waals surface area (Å²) in [7, 11) is 0. The fourth-order valence-corrected chi connectivity index (χ4v) is 3.08. The van der Waals surface area contributed by atoms with E-state index in [0.717, 1.165) is 12.5 Å². The lowest BCUT2D eigenvalue weighted by atomic mass is 9.89. The minimum Gasteiger partial charge on any atom is -0.309 e. The molecule has 0 aromatic carbocycles. The van der Waals surface area contributed by atoms with E-state index in [9.17, 15) is 0 Å². The average Bonchev–Trinajstić information content (AvgIpc) is 2.89. The van der Waals surface area contributed by atoms with Gasteiger partial charge in [-0.25, -0.2) is 0 Å². The number of aromatic nitrogens is 2. The Balaban J connectivity index is 2.27. The summed E-state index contributed by atoms with van der Waals surface area (Å²) in [6.45, 7) is 9.82. The van der Waals surface area contributed by atoms with E-state index < -0.39 is 0 Å². The number of hydrogen-bond donors (Lipinski definition) is 1. The number of rotatable bonds is 4. The maximum absolute atomic E-state index is 4.33. The Bertz CT molecular complexity index is 349. The van der Waals surface area contributed by atoms with Crippen LogP contribution < -0.4 is 5.32 Å². The Kier molecular flexibility index (Phi) is 3.31. The zero-order chi connectivity index (χ0) is 11.8. The van der Waals surface area contributed by atoms with E-state index in [-0.39, 0.29) is 5.41 Å². The molecule has 1 unspecified atom stereocenters. The van der Waals surface area contributed by atoms with E-state index in [1.54, 1.807) is 11.5 Å². The van der Waals surface area contributed by atoms with Gasteiger partial charge in [-0.1, -0.05) is 32.2 Å². The van der Waals surface area contributed by atoms with Gasteiger partial charge in [0.25, 0.3) is 0 Å². The summed E-state index contributed by atoms with van der Waals surface area (Å²) in [5.41, 5.74) is 1.28. The molecule has 0 amide bonds.